The highest BCUT2D eigenvalue weighted by atomic mass is 15.1. The number of anilines is 1. The van der Waals surface area contributed by atoms with Crippen LogP contribution in [0.5, 0.6) is 0 Å². The number of hydrogen-bond acceptors (Lipinski definition) is 1. The molecule has 0 saturated carbocycles. The molecule has 3 nitrogen and oxygen atoms in total. The van der Waals surface area contributed by atoms with E-state index in [1.165, 1.54) is 67.2 Å². The Kier molecular flexibility index (Phi) is 4.24. The highest BCUT2D eigenvalue weighted by Gasteiger charge is 2.11. The number of nitrogens with zero attached hydrogens (tertiary/aromatic N) is 1. The number of aliphatic imine (C=N–C) groups is 1. The van der Waals surface area contributed by atoms with Crippen LogP contribution in [0.25, 0.3) is 0 Å². The van der Waals surface area contributed by atoms with Gasteiger partial charge < -0.3 is 11.1 Å². The third-order valence-corrected chi connectivity index (χ3v) is 5.20. The lowest BCUT2D eigenvalue weighted by molar-refractivity contribution is 0.686. The zero-order valence-electron chi connectivity index (χ0n) is 14.1. The van der Waals surface area contributed by atoms with Crippen molar-refractivity contribution in [2.75, 3.05) is 5.32 Å². The van der Waals surface area contributed by atoms with Crippen LogP contribution in [-0.2, 0) is 25.7 Å². The number of nitrogens with two attached hydrogens (primary N) is 1. The average Bonchev–Trinajstić information content (AvgIpc) is 2.61. The van der Waals surface area contributed by atoms with Crippen LogP contribution in [-0.4, -0.2) is 5.96 Å². The van der Waals surface area contributed by atoms with Gasteiger partial charge in [0.25, 0.3) is 0 Å². The maximum atomic E-state index is 6.13. The average molecular weight is 319 g/mol. The number of aryl methyl sites for hydroxylation is 4. The highest BCUT2D eigenvalue weighted by Crippen LogP contribution is 2.26. The summed E-state index contributed by atoms with van der Waals surface area (Å²) in [6, 6.07) is 13.0. The Hall–Kier alpha value is -2.29. The highest BCUT2D eigenvalue weighted by molar-refractivity contribution is 5.94. The second-order valence-electron chi connectivity index (χ2n) is 6.97. The quantitative estimate of drug-likeness (QED) is 0.632. The van der Waals surface area contributed by atoms with Gasteiger partial charge in [0, 0.05) is 5.69 Å². The van der Waals surface area contributed by atoms with Crippen molar-refractivity contribution in [3.8, 4) is 0 Å². The lowest BCUT2D eigenvalue weighted by atomic mass is 9.91. The lowest BCUT2D eigenvalue weighted by Gasteiger charge is -2.17. The summed E-state index contributed by atoms with van der Waals surface area (Å²) in [7, 11) is 0. The smallest absolute Gasteiger partial charge is 0.198 e. The van der Waals surface area contributed by atoms with E-state index in [2.05, 4.69) is 46.7 Å². The van der Waals surface area contributed by atoms with E-state index < -0.39 is 0 Å². The van der Waals surface area contributed by atoms with E-state index in [0.29, 0.717) is 5.96 Å². The van der Waals surface area contributed by atoms with Crippen LogP contribution >= 0.6 is 0 Å². The molecule has 3 N–H and O–H groups in total. The first-order valence-electron chi connectivity index (χ1n) is 9.13. The summed E-state index contributed by atoms with van der Waals surface area (Å²) in [5, 5.41) is 3.25. The molecule has 0 radical (unpaired) electrons. The maximum absolute atomic E-state index is 6.13. The normalized spacial score (nSPS) is 17.1. The van der Waals surface area contributed by atoms with Gasteiger partial charge in [-0.15, -0.1) is 0 Å². The Morgan fingerprint density at radius 2 is 1.33 bits per heavy atom. The third-order valence-electron chi connectivity index (χ3n) is 5.20. The van der Waals surface area contributed by atoms with Crippen molar-refractivity contribution >= 4 is 17.3 Å². The molecule has 0 amide bonds. The van der Waals surface area contributed by atoms with Crippen LogP contribution in [0.3, 0.4) is 0 Å². The van der Waals surface area contributed by atoms with Crippen LogP contribution in [0.2, 0.25) is 0 Å². The van der Waals surface area contributed by atoms with Crippen molar-refractivity contribution in [3.63, 3.8) is 0 Å². The summed E-state index contributed by atoms with van der Waals surface area (Å²) in [6.07, 6.45) is 9.91. The second kappa shape index (κ2) is 6.68. The Morgan fingerprint density at radius 1 is 0.750 bits per heavy atom. The first kappa shape index (κ1) is 15.3. The molecule has 0 saturated heterocycles. The topological polar surface area (TPSA) is 50.4 Å². The minimum atomic E-state index is 0.460. The molecule has 4 rings (SSSR count). The number of rotatable bonds is 2. The van der Waals surface area contributed by atoms with Crippen LogP contribution < -0.4 is 11.1 Å². The molecule has 0 spiro atoms. The molecule has 2 aromatic carbocycles. The van der Waals surface area contributed by atoms with Crippen molar-refractivity contribution < 1.29 is 0 Å². The first-order valence-corrected chi connectivity index (χ1v) is 9.13. The summed E-state index contributed by atoms with van der Waals surface area (Å²) in [4.78, 5) is 4.56. The lowest BCUT2D eigenvalue weighted by Crippen LogP contribution is -2.22. The molecule has 24 heavy (non-hydrogen) atoms. The van der Waals surface area contributed by atoms with Crippen molar-refractivity contribution in [2.24, 2.45) is 10.7 Å². The van der Waals surface area contributed by atoms with Gasteiger partial charge in [-0.3, -0.25) is 0 Å². The summed E-state index contributed by atoms with van der Waals surface area (Å²) in [5.74, 6) is 0.460. The molecule has 0 atom stereocenters. The minimum absolute atomic E-state index is 0.460. The van der Waals surface area contributed by atoms with Gasteiger partial charge in [0.2, 0.25) is 0 Å². The number of hydrogen-bond donors (Lipinski definition) is 2. The molecular formula is C21H25N3. The van der Waals surface area contributed by atoms with E-state index in [1.807, 2.05) is 0 Å². The number of guanidine groups is 1. The predicted octanol–water partition coefficient (Wildman–Crippen LogP) is 4.50. The number of nitrogens with one attached hydrogen (secondary N) is 1. The van der Waals surface area contributed by atoms with Crippen LogP contribution in [0.1, 0.15) is 47.9 Å². The van der Waals surface area contributed by atoms with E-state index in [-0.39, 0.29) is 0 Å². The Labute approximate surface area is 144 Å². The molecule has 0 aromatic heterocycles. The fourth-order valence-electron chi connectivity index (χ4n) is 3.92. The molecule has 2 aliphatic carbocycles. The van der Waals surface area contributed by atoms with Crippen LogP contribution in [0, 0.1) is 0 Å². The molecule has 3 heteroatoms. The van der Waals surface area contributed by atoms with E-state index in [4.69, 9.17) is 5.73 Å². The van der Waals surface area contributed by atoms with E-state index in [0.717, 1.165) is 17.8 Å². The Balaban J connectivity index is 1.51. The van der Waals surface area contributed by atoms with Gasteiger partial charge in [-0.05, 0) is 97.9 Å². The Bertz CT molecular complexity index is 777. The molecule has 0 fully saturated rings. The van der Waals surface area contributed by atoms with Crippen molar-refractivity contribution in [1.29, 1.82) is 0 Å². The molecule has 2 aliphatic rings. The number of fused-ring (bicyclic) bond motifs is 2. The molecule has 0 unspecified atom stereocenters. The monoisotopic (exact) mass is 319 g/mol. The zero-order chi connectivity index (χ0) is 16.4. The standard InChI is InChI=1S/C21H25N3/c22-21(23-19-11-9-15-5-1-3-7-17(15)13-19)24-20-12-10-16-6-2-4-8-18(16)14-20/h9-14H,1-8H2,(H3,22,23,24). The molecule has 0 heterocycles. The summed E-state index contributed by atoms with van der Waals surface area (Å²) >= 11 is 0. The van der Waals surface area contributed by atoms with E-state index in [9.17, 15) is 0 Å². The van der Waals surface area contributed by atoms with Crippen LogP contribution in [0.4, 0.5) is 11.4 Å². The van der Waals surface area contributed by atoms with Crippen molar-refractivity contribution in [3.05, 3.63) is 58.7 Å². The van der Waals surface area contributed by atoms with E-state index in [1.54, 1.807) is 0 Å². The summed E-state index contributed by atoms with van der Waals surface area (Å²) < 4.78 is 0. The molecular weight excluding hydrogens is 294 g/mol. The Morgan fingerprint density at radius 3 is 2.04 bits per heavy atom. The second-order valence-corrected chi connectivity index (χ2v) is 6.97. The van der Waals surface area contributed by atoms with E-state index >= 15 is 0 Å². The van der Waals surface area contributed by atoms with Gasteiger partial charge in [-0.1, -0.05) is 12.1 Å². The zero-order valence-corrected chi connectivity index (χ0v) is 14.1. The van der Waals surface area contributed by atoms with Crippen molar-refractivity contribution in [2.45, 2.75) is 51.4 Å². The summed E-state index contributed by atoms with van der Waals surface area (Å²) in [6.45, 7) is 0. The largest absolute Gasteiger partial charge is 0.369 e. The van der Waals surface area contributed by atoms with Gasteiger partial charge in [0.15, 0.2) is 5.96 Å². The SMILES string of the molecule is NC(=Nc1ccc2c(c1)CCCC2)Nc1ccc2c(c1)CCCC2. The van der Waals surface area contributed by atoms with Crippen LogP contribution in [0.15, 0.2) is 41.4 Å². The van der Waals surface area contributed by atoms with Gasteiger partial charge >= 0.3 is 0 Å². The fourth-order valence-corrected chi connectivity index (χ4v) is 3.92. The van der Waals surface area contributed by atoms with Gasteiger partial charge in [0.05, 0.1) is 5.69 Å². The molecule has 124 valence electrons. The first-order chi connectivity index (χ1) is 11.8. The van der Waals surface area contributed by atoms with Gasteiger partial charge in [0.1, 0.15) is 0 Å². The maximum Gasteiger partial charge on any atom is 0.198 e. The van der Waals surface area contributed by atoms with Gasteiger partial charge in [-0.25, -0.2) is 4.99 Å². The van der Waals surface area contributed by atoms with Crippen molar-refractivity contribution in [1.82, 2.24) is 0 Å². The molecule has 0 aliphatic heterocycles. The number of benzene rings is 2. The fraction of sp³-hybridized carbons (Fsp3) is 0.381. The summed E-state index contributed by atoms with van der Waals surface area (Å²) in [5.41, 5.74) is 14.0. The molecule has 2 aromatic rings. The van der Waals surface area contributed by atoms with Gasteiger partial charge in [-0.2, -0.15) is 0 Å². The minimum Gasteiger partial charge on any atom is -0.369 e. The third kappa shape index (κ3) is 3.30. The molecule has 0 bridgehead atoms. The predicted molar refractivity (Wildman–Crippen MR) is 101 cm³/mol.